The van der Waals surface area contributed by atoms with Crippen LogP contribution in [0.4, 0.5) is 18.9 Å². The zero-order chi connectivity index (χ0) is 18.2. The number of hydrogen-bond acceptors (Lipinski definition) is 2. The van der Waals surface area contributed by atoms with Crippen LogP contribution in [-0.4, -0.2) is 11.7 Å². The molecule has 4 N–H and O–H groups in total. The third kappa shape index (κ3) is 2.67. The highest BCUT2D eigenvalue weighted by Crippen LogP contribution is 2.69. The van der Waals surface area contributed by atoms with Crippen molar-refractivity contribution in [3.63, 3.8) is 0 Å². The van der Waals surface area contributed by atoms with E-state index < -0.39 is 23.0 Å². The summed E-state index contributed by atoms with van der Waals surface area (Å²) in [5.41, 5.74) is 11.7. The van der Waals surface area contributed by atoms with Crippen molar-refractivity contribution in [2.24, 2.45) is 28.9 Å². The molecule has 0 amide bonds. The lowest BCUT2D eigenvalue weighted by Gasteiger charge is -2.65. The number of halogens is 5. The summed E-state index contributed by atoms with van der Waals surface area (Å²) >= 11 is 6.81. The number of nitrogen functional groups attached to an aromatic ring is 1. The molecular weight excluding hydrogens is 461 g/mol. The molecule has 1 aromatic rings. The van der Waals surface area contributed by atoms with Gasteiger partial charge in [-0.15, -0.1) is 0 Å². The molecule has 7 heteroatoms. The predicted octanol–water partition coefficient (Wildman–Crippen LogP) is 5.42. The molecule has 0 aromatic heterocycles. The van der Waals surface area contributed by atoms with Gasteiger partial charge in [0.2, 0.25) is 0 Å². The Morgan fingerprint density at radius 3 is 2.24 bits per heavy atom. The first kappa shape index (κ1) is 18.1. The summed E-state index contributed by atoms with van der Waals surface area (Å²) in [5, 5.41) is 0. The highest BCUT2D eigenvalue weighted by molar-refractivity contribution is 9.11. The number of anilines is 1. The molecule has 0 heterocycles. The number of hydrogen-bond donors (Lipinski definition) is 2. The Hall–Kier alpha value is -0.270. The summed E-state index contributed by atoms with van der Waals surface area (Å²) in [6, 6.07) is 3.64. The van der Waals surface area contributed by atoms with Gasteiger partial charge in [-0.3, -0.25) is 0 Å². The fraction of sp³-hybridized carbons (Fsp3) is 0.667. The van der Waals surface area contributed by atoms with Gasteiger partial charge in [-0.05, 0) is 89.9 Å². The van der Waals surface area contributed by atoms with E-state index in [9.17, 15) is 13.2 Å². The largest absolute Gasteiger partial charge is 0.398 e. The summed E-state index contributed by atoms with van der Waals surface area (Å²) in [5.74, 6) is -0.389. The number of benzene rings is 1. The molecule has 138 valence electrons. The first-order valence-corrected chi connectivity index (χ1v) is 10.2. The van der Waals surface area contributed by atoms with Gasteiger partial charge in [0.1, 0.15) is 0 Å². The lowest BCUT2D eigenvalue weighted by atomic mass is 9.41. The van der Waals surface area contributed by atoms with E-state index in [1.165, 1.54) is 0 Å². The van der Waals surface area contributed by atoms with Gasteiger partial charge >= 0.3 is 6.18 Å². The zero-order valence-corrected chi connectivity index (χ0v) is 16.8. The zero-order valence-electron chi connectivity index (χ0n) is 13.7. The molecule has 4 aliphatic carbocycles. The van der Waals surface area contributed by atoms with Crippen LogP contribution in [0, 0.1) is 23.2 Å². The normalized spacial score (nSPS) is 39.8. The topological polar surface area (TPSA) is 52.0 Å². The van der Waals surface area contributed by atoms with Crippen LogP contribution in [0.15, 0.2) is 21.1 Å². The van der Waals surface area contributed by atoms with Crippen LogP contribution in [0.25, 0.3) is 0 Å². The van der Waals surface area contributed by atoms with Crippen molar-refractivity contribution in [3.8, 4) is 0 Å². The van der Waals surface area contributed by atoms with Crippen LogP contribution >= 0.6 is 31.9 Å². The maximum Gasteiger partial charge on any atom is 0.394 e. The minimum absolute atomic E-state index is 0.113. The Balaban J connectivity index is 1.79. The first-order valence-electron chi connectivity index (χ1n) is 8.63. The van der Waals surface area contributed by atoms with E-state index in [-0.39, 0.29) is 31.1 Å². The molecule has 25 heavy (non-hydrogen) atoms. The molecule has 0 radical (unpaired) electrons. The Labute approximate surface area is 162 Å². The second kappa shape index (κ2) is 5.61. The second-order valence-corrected chi connectivity index (χ2v) is 10.2. The van der Waals surface area contributed by atoms with Crippen molar-refractivity contribution in [2.75, 3.05) is 5.73 Å². The van der Waals surface area contributed by atoms with Crippen molar-refractivity contribution < 1.29 is 13.2 Å². The molecule has 2 nitrogen and oxygen atoms in total. The standard InChI is InChI=1S/C18H21Br2F3N2/c19-12-2-11(15(24)13(20)4-12)3-14-16(18(21,22)23)5-9-1-10(6-16)8-17(14,25)7-9/h2,4,9-10,14H,1,3,5-8,24-25H2. The third-order valence-electron chi connectivity index (χ3n) is 6.84. The summed E-state index contributed by atoms with van der Waals surface area (Å²) < 4.78 is 44.3. The summed E-state index contributed by atoms with van der Waals surface area (Å²) in [4.78, 5) is 0. The Morgan fingerprint density at radius 1 is 1.08 bits per heavy atom. The predicted molar refractivity (Wildman–Crippen MR) is 98.9 cm³/mol. The quantitative estimate of drug-likeness (QED) is 0.554. The summed E-state index contributed by atoms with van der Waals surface area (Å²) in [7, 11) is 0. The van der Waals surface area contributed by atoms with E-state index in [0.29, 0.717) is 23.0 Å². The van der Waals surface area contributed by atoms with Crippen molar-refractivity contribution in [3.05, 3.63) is 26.6 Å². The van der Waals surface area contributed by atoms with Gasteiger partial charge in [0, 0.05) is 20.2 Å². The van der Waals surface area contributed by atoms with Crippen LogP contribution in [0.3, 0.4) is 0 Å². The Morgan fingerprint density at radius 2 is 1.68 bits per heavy atom. The maximum atomic E-state index is 14.3. The van der Waals surface area contributed by atoms with Crippen LogP contribution in [0.2, 0.25) is 0 Å². The Bertz CT molecular complexity index is 705. The average molecular weight is 482 g/mol. The van der Waals surface area contributed by atoms with Gasteiger partial charge in [0.05, 0.1) is 5.41 Å². The lowest BCUT2D eigenvalue weighted by Crippen LogP contribution is -2.70. The van der Waals surface area contributed by atoms with E-state index >= 15 is 0 Å². The van der Waals surface area contributed by atoms with Crippen LogP contribution in [0.5, 0.6) is 0 Å². The second-order valence-electron chi connectivity index (χ2n) is 8.39. The van der Waals surface area contributed by atoms with Crippen molar-refractivity contribution >= 4 is 37.5 Å². The highest BCUT2D eigenvalue weighted by Gasteiger charge is 2.71. The van der Waals surface area contributed by atoms with Crippen LogP contribution in [0.1, 0.15) is 37.7 Å². The van der Waals surface area contributed by atoms with Crippen molar-refractivity contribution in [1.82, 2.24) is 0 Å². The lowest BCUT2D eigenvalue weighted by molar-refractivity contribution is -0.301. The molecule has 1 aromatic carbocycles. The van der Waals surface area contributed by atoms with E-state index in [1.54, 1.807) is 0 Å². The minimum Gasteiger partial charge on any atom is -0.398 e. The summed E-state index contributed by atoms with van der Waals surface area (Å²) in [6.45, 7) is 0. The van der Waals surface area contributed by atoms with Gasteiger partial charge < -0.3 is 11.5 Å². The molecule has 4 aliphatic rings. The van der Waals surface area contributed by atoms with Gasteiger partial charge in [0.15, 0.2) is 0 Å². The first-order chi connectivity index (χ1) is 11.5. The highest BCUT2D eigenvalue weighted by atomic mass is 79.9. The molecule has 3 atom stereocenters. The molecule has 0 saturated heterocycles. The SMILES string of the molecule is Nc1c(Br)cc(Br)cc1CC1C2(N)CC3CC(C2)CC1(C(F)(F)F)C3. The number of alkyl halides is 3. The maximum absolute atomic E-state index is 14.3. The van der Waals surface area contributed by atoms with Crippen molar-refractivity contribution in [2.45, 2.75) is 50.2 Å². The van der Waals surface area contributed by atoms with Gasteiger partial charge in [-0.25, -0.2) is 0 Å². The average Bonchev–Trinajstić information content (AvgIpc) is 2.45. The summed E-state index contributed by atoms with van der Waals surface area (Å²) in [6.07, 6.45) is -1.16. The monoisotopic (exact) mass is 480 g/mol. The molecule has 0 aliphatic heterocycles. The minimum atomic E-state index is -4.22. The third-order valence-corrected chi connectivity index (χ3v) is 7.95. The van der Waals surface area contributed by atoms with E-state index in [2.05, 4.69) is 31.9 Å². The van der Waals surface area contributed by atoms with Crippen molar-refractivity contribution in [1.29, 1.82) is 0 Å². The Kier molecular flexibility index (Phi) is 4.07. The van der Waals surface area contributed by atoms with E-state index in [1.807, 2.05) is 12.1 Å². The molecule has 4 bridgehead atoms. The van der Waals surface area contributed by atoms with Crippen LogP contribution < -0.4 is 11.5 Å². The molecule has 4 fully saturated rings. The number of rotatable bonds is 2. The van der Waals surface area contributed by atoms with Gasteiger partial charge in [0.25, 0.3) is 0 Å². The molecular formula is C18H21Br2F3N2. The fourth-order valence-corrected chi connectivity index (χ4v) is 7.51. The van der Waals surface area contributed by atoms with E-state index in [0.717, 1.165) is 16.5 Å². The smallest absolute Gasteiger partial charge is 0.394 e. The van der Waals surface area contributed by atoms with Gasteiger partial charge in [-0.1, -0.05) is 15.9 Å². The fourth-order valence-electron chi connectivity index (χ4n) is 6.19. The molecule has 4 saturated carbocycles. The van der Waals surface area contributed by atoms with Gasteiger partial charge in [-0.2, -0.15) is 13.2 Å². The molecule has 0 spiro atoms. The van der Waals surface area contributed by atoms with Crippen LogP contribution in [-0.2, 0) is 6.42 Å². The number of nitrogens with two attached hydrogens (primary N) is 2. The molecule has 3 unspecified atom stereocenters. The van der Waals surface area contributed by atoms with E-state index in [4.69, 9.17) is 11.5 Å². The molecule has 5 rings (SSSR count).